The topological polar surface area (TPSA) is 73.2 Å². The summed E-state index contributed by atoms with van der Waals surface area (Å²) < 4.78 is 7.31. The number of carbonyl (C=O) groups excluding carboxylic acids is 2. The lowest BCUT2D eigenvalue weighted by Crippen LogP contribution is -2.39. The van der Waals surface area contributed by atoms with Gasteiger partial charge >= 0.3 is 5.97 Å². The average Bonchev–Trinajstić information content (AvgIpc) is 2.86. The number of nitrogens with zero attached hydrogens (tertiary/aromatic N) is 2. The zero-order valence-corrected chi connectivity index (χ0v) is 18.0. The highest BCUT2D eigenvalue weighted by atomic mass is 16.5. The van der Waals surface area contributed by atoms with E-state index in [9.17, 15) is 9.59 Å². The van der Waals surface area contributed by atoms with Crippen molar-refractivity contribution in [2.45, 2.75) is 73.8 Å². The van der Waals surface area contributed by atoms with Gasteiger partial charge in [0.25, 0.3) is 0 Å². The third kappa shape index (κ3) is 3.29. The van der Waals surface area contributed by atoms with Gasteiger partial charge < -0.3 is 10.1 Å². The van der Waals surface area contributed by atoms with Crippen molar-refractivity contribution in [3.05, 3.63) is 39.5 Å². The summed E-state index contributed by atoms with van der Waals surface area (Å²) in [5.41, 5.74) is 5.61. The normalized spacial score (nSPS) is 21.5. The van der Waals surface area contributed by atoms with E-state index in [0.717, 1.165) is 41.3 Å². The van der Waals surface area contributed by atoms with Crippen molar-refractivity contribution in [1.29, 1.82) is 0 Å². The van der Waals surface area contributed by atoms with Gasteiger partial charge in [0, 0.05) is 41.2 Å². The SMILES string of the molecule is CCOC(=O)C1=C(C)NC2=C(C(=O)CC(C)(C)C2)[C@H]1c1c(C)nn(CC)c1C. The first-order valence-electron chi connectivity index (χ1n) is 10.1. The van der Waals surface area contributed by atoms with Crippen LogP contribution in [0.15, 0.2) is 22.5 Å². The highest BCUT2D eigenvalue weighted by Gasteiger charge is 2.44. The maximum atomic E-state index is 13.3. The maximum absolute atomic E-state index is 13.3. The average molecular weight is 386 g/mol. The van der Waals surface area contributed by atoms with Crippen LogP contribution >= 0.6 is 0 Å². The van der Waals surface area contributed by atoms with Gasteiger partial charge in [-0.05, 0) is 46.5 Å². The van der Waals surface area contributed by atoms with Crippen molar-refractivity contribution < 1.29 is 14.3 Å². The molecule has 152 valence electrons. The number of allylic oxidation sites excluding steroid dienone is 3. The van der Waals surface area contributed by atoms with Crippen molar-refractivity contribution in [2.75, 3.05) is 6.61 Å². The van der Waals surface area contributed by atoms with Crippen LogP contribution in [-0.4, -0.2) is 28.1 Å². The Morgan fingerprint density at radius 1 is 1.25 bits per heavy atom. The Hall–Kier alpha value is -2.37. The first kappa shape index (κ1) is 20.4. The highest BCUT2D eigenvalue weighted by Crippen LogP contribution is 2.48. The van der Waals surface area contributed by atoms with Gasteiger partial charge in [0.05, 0.1) is 23.8 Å². The third-order valence-corrected chi connectivity index (χ3v) is 5.76. The van der Waals surface area contributed by atoms with E-state index in [2.05, 4.69) is 24.3 Å². The molecule has 0 spiro atoms. The number of nitrogens with one attached hydrogen (secondary N) is 1. The summed E-state index contributed by atoms with van der Waals surface area (Å²) in [6.07, 6.45) is 1.25. The molecule has 1 aliphatic carbocycles. The molecule has 1 N–H and O–H groups in total. The van der Waals surface area contributed by atoms with Crippen LogP contribution in [0.2, 0.25) is 0 Å². The van der Waals surface area contributed by atoms with Gasteiger partial charge in [-0.2, -0.15) is 5.10 Å². The quantitative estimate of drug-likeness (QED) is 0.800. The summed E-state index contributed by atoms with van der Waals surface area (Å²) in [6.45, 7) is 14.9. The van der Waals surface area contributed by atoms with Crippen LogP contribution in [0.1, 0.15) is 70.3 Å². The van der Waals surface area contributed by atoms with E-state index in [1.54, 1.807) is 6.92 Å². The Balaban J connectivity index is 2.26. The van der Waals surface area contributed by atoms with Crippen LogP contribution in [0.25, 0.3) is 0 Å². The third-order valence-electron chi connectivity index (χ3n) is 5.76. The molecule has 6 nitrogen and oxygen atoms in total. The molecule has 0 radical (unpaired) electrons. The fraction of sp³-hybridized carbons (Fsp3) is 0.591. The molecular weight excluding hydrogens is 354 g/mol. The number of aryl methyl sites for hydroxylation is 2. The Labute approximate surface area is 167 Å². The predicted molar refractivity (Wildman–Crippen MR) is 108 cm³/mol. The van der Waals surface area contributed by atoms with Crippen LogP contribution < -0.4 is 5.32 Å². The molecule has 0 aromatic carbocycles. The van der Waals surface area contributed by atoms with Crippen LogP contribution in [0, 0.1) is 19.3 Å². The number of ether oxygens (including phenoxy) is 1. The lowest BCUT2D eigenvalue weighted by atomic mass is 9.68. The number of esters is 1. The highest BCUT2D eigenvalue weighted by molar-refractivity contribution is 6.04. The number of rotatable bonds is 4. The summed E-state index contributed by atoms with van der Waals surface area (Å²) in [6, 6.07) is 0. The van der Waals surface area contributed by atoms with Crippen LogP contribution in [-0.2, 0) is 20.9 Å². The predicted octanol–water partition coefficient (Wildman–Crippen LogP) is 3.69. The molecule has 1 atom stereocenters. The van der Waals surface area contributed by atoms with E-state index in [1.807, 2.05) is 32.4 Å². The zero-order chi connectivity index (χ0) is 20.8. The molecule has 6 heteroatoms. The van der Waals surface area contributed by atoms with Crippen LogP contribution in [0.3, 0.4) is 0 Å². The number of carbonyl (C=O) groups is 2. The molecule has 1 aromatic heterocycles. The van der Waals surface area contributed by atoms with E-state index in [4.69, 9.17) is 4.74 Å². The van der Waals surface area contributed by atoms with Crippen LogP contribution in [0.5, 0.6) is 0 Å². The smallest absolute Gasteiger partial charge is 0.336 e. The number of aromatic nitrogens is 2. The molecule has 0 amide bonds. The number of hydrogen-bond acceptors (Lipinski definition) is 5. The van der Waals surface area contributed by atoms with E-state index >= 15 is 0 Å². The fourth-order valence-electron chi connectivity index (χ4n) is 4.64. The summed E-state index contributed by atoms with van der Waals surface area (Å²) >= 11 is 0. The monoisotopic (exact) mass is 385 g/mol. The van der Waals surface area contributed by atoms with Crippen molar-refractivity contribution in [3.63, 3.8) is 0 Å². The van der Waals surface area contributed by atoms with Gasteiger partial charge in [-0.15, -0.1) is 0 Å². The summed E-state index contributed by atoms with van der Waals surface area (Å²) in [4.78, 5) is 26.2. The minimum Gasteiger partial charge on any atom is -0.463 e. The lowest BCUT2D eigenvalue weighted by Gasteiger charge is -2.39. The summed E-state index contributed by atoms with van der Waals surface area (Å²) in [5, 5.41) is 8.01. The van der Waals surface area contributed by atoms with Gasteiger partial charge in [-0.3, -0.25) is 9.48 Å². The van der Waals surface area contributed by atoms with E-state index in [-0.39, 0.29) is 17.2 Å². The fourth-order valence-corrected chi connectivity index (χ4v) is 4.64. The van der Waals surface area contributed by atoms with Crippen molar-refractivity contribution in [1.82, 2.24) is 15.1 Å². The molecular formula is C22H31N3O3. The first-order valence-corrected chi connectivity index (χ1v) is 10.1. The Bertz CT molecular complexity index is 902. The number of dihydropyridines is 1. The second-order valence-corrected chi connectivity index (χ2v) is 8.55. The largest absolute Gasteiger partial charge is 0.463 e. The minimum atomic E-state index is -0.431. The molecule has 1 aliphatic heterocycles. The summed E-state index contributed by atoms with van der Waals surface area (Å²) in [5.74, 6) is -0.704. The molecule has 28 heavy (non-hydrogen) atoms. The van der Waals surface area contributed by atoms with Gasteiger partial charge in [-0.25, -0.2) is 4.79 Å². The van der Waals surface area contributed by atoms with Gasteiger partial charge in [0.1, 0.15) is 0 Å². The van der Waals surface area contributed by atoms with Gasteiger partial charge in [0.15, 0.2) is 5.78 Å². The Kier molecular flexibility index (Phi) is 5.26. The molecule has 0 bridgehead atoms. The molecule has 2 aliphatic rings. The number of Topliss-reactive ketones (excluding diaryl/α,β-unsaturated/α-hetero) is 1. The minimum absolute atomic E-state index is 0.0982. The van der Waals surface area contributed by atoms with Gasteiger partial charge in [-0.1, -0.05) is 13.8 Å². The standard InChI is InChI=1S/C22H31N3O3/c1-8-25-14(5)17(13(4)24-25)20-18(21(27)28-9-2)12(3)23-15-10-22(6,7)11-16(26)19(15)20/h20,23H,8-11H2,1-7H3/t20-/m0/s1. The zero-order valence-electron chi connectivity index (χ0n) is 18.0. The van der Waals surface area contributed by atoms with Crippen LogP contribution in [0.4, 0.5) is 0 Å². The number of ketones is 1. The van der Waals surface area contributed by atoms with Crippen molar-refractivity contribution >= 4 is 11.8 Å². The van der Waals surface area contributed by atoms with E-state index in [0.29, 0.717) is 24.2 Å². The Morgan fingerprint density at radius 3 is 2.50 bits per heavy atom. The Morgan fingerprint density at radius 2 is 1.93 bits per heavy atom. The number of hydrogen-bond donors (Lipinski definition) is 1. The first-order chi connectivity index (χ1) is 13.1. The van der Waals surface area contributed by atoms with Crippen molar-refractivity contribution in [3.8, 4) is 0 Å². The second-order valence-electron chi connectivity index (χ2n) is 8.55. The second kappa shape index (κ2) is 7.22. The molecule has 3 rings (SSSR count). The molecule has 1 aromatic rings. The molecule has 0 saturated heterocycles. The summed E-state index contributed by atoms with van der Waals surface area (Å²) in [7, 11) is 0. The molecule has 0 unspecified atom stereocenters. The molecule has 0 fully saturated rings. The van der Waals surface area contributed by atoms with Gasteiger partial charge in [0.2, 0.25) is 0 Å². The maximum Gasteiger partial charge on any atom is 0.336 e. The van der Waals surface area contributed by atoms with E-state index in [1.165, 1.54) is 0 Å². The molecule has 0 saturated carbocycles. The van der Waals surface area contributed by atoms with Crippen molar-refractivity contribution in [2.24, 2.45) is 5.41 Å². The molecule has 2 heterocycles. The lowest BCUT2D eigenvalue weighted by molar-refractivity contribution is -0.138. The van der Waals surface area contributed by atoms with E-state index < -0.39 is 5.92 Å².